The molecule has 4 heteroatoms. The van der Waals surface area contributed by atoms with Crippen LogP contribution in [0.2, 0.25) is 0 Å². The molecule has 108 valence electrons. The van der Waals surface area contributed by atoms with Crippen molar-refractivity contribution in [3.63, 3.8) is 0 Å². The highest BCUT2D eigenvalue weighted by molar-refractivity contribution is 5.89. The molecule has 1 saturated carbocycles. The van der Waals surface area contributed by atoms with E-state index in [1.165, 1.54) is 6.42 Å². The number of hydrogen-bond donors (Lipinski definition) is 0. The lowest BCUT2D eigenvalue weighted by molar-refractivity contribution is -0.165. The van der Waals surface area contributed by atoms with Crippen LogP contribution in [-0.2, 0) is 19.1 Å². The van der Waals surface area contributed by atoms with Gasteiger partial charge in [0.05, 0.1) is 0 Å². The van der Waals surface area contributed by atoms with E-state index in [0.29, 0.717) is 5.57 Å². The fraction of sp³-hybridized carbons (Fsp3) is 0.733. The van der Waals surface area contributed by atoms with Gasteiger partial charge in [0.2, 0.25) is 0 Å². The first kappa shape index (κ1) is 15.7. The number of carbonyl (C=O) groups is 2. The topological polar surface area (TPSA) is 52.6 Å². The van der Waals surface area contributed by atoms with Crippen LogP contribution in [0.4, 0.5) is 0 Å². The van der Waals surface area contributed by atoms with Crippen molar-refractivity contribution in [3.8, 4) is 0 Å². The van der Waals surface area contributed by atoms with Crippen molar-refractivity contribution >= 4 is 11.9 Å². The Morgan fingerprint density at radius 2 is 1.74 bits per heavy atom. The van der Waals surface area contributed by atoms with Crippen LogP contribution in [-0.4, -0.2) is 24.1 Å². The molecule has 19 heavy (non-hydrogen) atoms. The summed E-state index contributed by atoms with van der Waals surface area (Å²) in [6, 6.07) is 0. The molecule has 0 radical (unpaired) electrons. The van der Waals surface area contributed by atoms with Gasteiger partial charge in [-0.25, -0.2) is 9.59 Å². The van der Waals surface area contributed by atoms with Crippen molar-refractivity contribution in [2.45, 2.75) is 58.5 Å². The third-order valence-electron chi connectivity index (χ3n) is 3.10. The number of carbonyl (C=O) groups excluding carboxylic acids is 2. The van der Waals surface area contributed by atoms with Gasteiger partial charge in [0.15, 0.2) is 6.61 Å². The largest absolute Gasteiger partial charge is 0.457 e. The summed E-state index contributed by atoms with van der Waals surface area (Å²) in [6.07, 6.45) is 5.45. The smallest absolute Gasteiger partial charge is 0.344 e. The lowest BCUT2D eigenvalue weighted by Gasteiger charge is -2.23. The zero-order valence-electron chi connectivity index (χ0n) is 12.2. The van der Waals surface area contributed by atoms with E-state index in [4.69, 9.17) is 9.47 Å². The summed E-state index contributed by atoms with van der Waals surface area (Å²) >= 11 is 0. The molecular weight excluding hydrogens is 244 g/mol. The summed E-state index contributed by atoms with van der Waals surface area (Å²) in [6.45, 7) is 8.77. The molecule has 0 spiro atoms. The van der Waals surface area contributed by atoms with Gasteiger partial charge in [0.25, 0.3) is 0 Å². The van der Waals surface area contributed by atoms with Crippen LogP contribution in [0.3, 0.4) is 0 Å². The molecule has 0 amide bonds. The van der Waals surface area contributed by atoms with Gasteiger partial charge in [-0.15, -0.1) is 0 Å². The van der Waals surface area contributed by atoms with Crippen molar-refractivity contribution in [1.29, 1.82) is 0 Å². The van der Waals surface area contributed by atoms with E-state index in [0.717, 1.165) is 25.7 Å². The van der Waals surface area contributed by atoms with E-state index >= 15 is 0 Å². The van der Waals surface area contributed by atoms with E-state index < -0.39 is 17.5 Å². The lowest BCUT2D eigenvalue weighted by Crippen LogP contribution is -2.28. The molecule has 0 aromatic carbocycles. The van der Waals surface area contributed by atoms with Crippen molar-refractivity contribution < 1.29 is 19.1 Å². The Bertz CT molecular complexity index is 346. The molecule has 0 N–H and O–H groups in total. The molecule has 0 unspecified atom stereocenters. The molecule has 0 bridgehead atoms. The lowest BCUT2D eigenvalue weighted by atomic mass is 9.84. The normalized spacial score (nSPS) is 16.8. The monoisotopic (exact) mass is 268 g/mol. The minimum absolute atomic E-state index is 0.208. The zero-order valence-corrected chi connectivity index (χ0v) is 12.2. The number of rotatable bonds is 4. The highest BCUT2D eigenvalue weighted by Crippen LogP contribution is 2.29. The summed E-state index contributed by atoms with van der Waals surface area (Å²) in [5, 5.41) is 0. The number of ether oxygens (including phenoxy) is 2. The molecule has 0 heterocycles. The maximum Gasteiger partial charge on any atom is 0.344 e. The van der Waals surface area contributed by atoms with Crippen LogP contribution in [0.1, 0.15) is 52.9 Å². The highest BCUT2D eigenvalue weighted by Gasteiger charge is 2.24. The van der Waals surface area contributed by atoms with Crippen molar-refractivity contribution in [3.05, 3.63) is 12.2 Å². The predicted molar refractivity (Wildman–Crippen MR) is 72.5 cm³/mol. The molecule has 1 fully saturated rings. The van der Waals surface area contributed by atoms with Crippen molar-refractivity contribution in [2.24, 2.45) is 5.92 Å². The first-order chi connectivity index (χ1) is 8.79. The Balaban J connectivity index is 2.34. The molecule has 1 aliphatic rings. The first-order valence-corrected chi connectivity index (χ1v) is 6.87. The molecular formula is C15H24O4. The van der Waals surface area contributed by atoms with E-state index in [1.54, 1.807) is 20.8 Å². The second-order valence-electron chi connectivity index (χ2n) is 6.02. The predicted octanol–water partition coefficient (Wildman–Crippen LogP) is 3.01. The summed E-state index contributed by atoms with van der Waals surface area (Å²) in [7, 11) is 0. The highest BCUT2D eigenvalue weighted by atomic mass is 16.6. The average Bonchev–Trinajstić information content (AvgIpc) is 2.34. The second kappa shape index (κ2) is 6.73. The Morgan fingerprint density at radius 1 is 1.16 bits per heavy atom. The van der Waals surface area contributed by atoms with Crippen LogP contribution in [0.15, 0.2) is 12.2 Å². The van der Waals surface area contributed by atoms with E-state index in [9.17, 15) is 9.59 Å². The molecule has 0 aromatic heterocycles. The summed E-state index contributed by atoms with van der Waals surface area (Å²) in [4.78, 5) is 23.2. The average molecular weight is 268 g/mol. The van der Waals surface area contributed by atoms with Gasteiger partial charge in [-0.3, -0.25) is 0 Å². The third-order valence-corrected chi connectivity index (χ3v) is 3.10. The molecule has 4 nitrogen and oxygen atoms in total. The van der Waals surface area contributed by atoms with Crippen molar-refractivity contribution in [1.82, 2.24) is 0 Å². The maximum absolute atomic E-state index is 11.8. The molecule has 1 rings (SSSR count). The first-order valence-electron chi connectivity index (χ1n) is 6.87. The number of hydrogen-bond acceptors (Lipinski definition) is 4. The third kappa shape index (κ3) is 5.90. The minimum Gasteiger partial charge on any atom is -0.457 e. The maximum atomic E-state index is 11.8. The Hall–Kier alpha value is -1.32. The van der Waals surface area contributed by atoms with Crippen LogP contribution >= 0.6 is 0 Å². The molecule has 0 saturated heterocycles. The standard InChI is InChI=1S/C15H24O4/c1-11(12-8-6-5-7-9-12)14(17)18-10-13(16)19-15(2,3)4/h12H,1,5-10H2,2-4H3. The van der Waals surface area contributed by atoms with Crippen LogP contribution in [0.5, 0.6) is 0 Å². The van der Waals surface area contributed by atoms with Gasteiger partial charge in [-0.05, 0) is 39.5 Å². The molecule has 1 aliphatic carbocycles. The molecule has 0 aliphatic heterocycles. The van der Waals surface area contributed by atoms with Gasteiger partial charge < -0.3 is 9.47 Å². The summed E-state index contributed by atoms with van der Waals surface area (Å²) < 4.78 is 10.0. The summed E-state index contributed by atoms with van der Waals surface area (Å²) in [5.74, 6) is -0.796. The summed E-state index contributed by atoms with van der Waals surface area (Å²) in [5.41, 5.74) is -0.0765. The second-order valence-corrected chi connectivity index (χ2v) is 6.02. The Labute approximate surface area is 115 Å². The quantitative estimate of drug-likeness (QED) is 0.581. The number of esters is 2. The van der Waals surface area contributed by atoms with Gasteiger partial charge in [-0.1, -0.05) is 25.8 Å². The van der Waals surface area contributed by atoms with Gasteiger partial charge >= 0.3 is 11.9 Å². The molecule has 0 aromatic rings. The van der Waals surface area contributed by atoms with E-state index in [1.807, 2.05) is 0 Å². The SMILES string of the molecule is C=C(C(=O)OCC(=O)OC(C)(C)C)C1CCCCC1. The fourth-order valence-corrected chi connectivity index (χ4v) is 2.21. The Morgan fingerprint density at radius 3 is 2.26 bits per heavy atom. The fourth-order valence-electron chi connectivity index (χ4n) is 2.21. The van der Waals surface area contributed by atoms with Gasteiger partial charge in [-0.2, -0.15) is 0 Å². The van der Waals surface area contributed by atoms with Crippen molar-refractivity contribution in [2.75, 3.05) is 6.61 Å². The van der Waals surface area contributed by atoms with E-state index in [-0.39, 0.29) is 12.5 Å². The van der Waals surface area contributed by atoms with Crippen LogP contribution < -0.4 is 0 Å². The Kier molecular flexibility index (Phi) is 5.58. The van der Waals surface area contributed by atoms with Gasteiger partial charge in [0, 0.05) is 5.57 Å². The van der Waals surface area contributed by atoms with Crippen LogP contribution in [0.25, 0.3) is 0 Å². The zero-order chi connectivity index (χ0) is 14.5. The van der Waals surface area contributed by atoms with Crippen LogP contribution in [0, 0.1) is 5.92 Å². The van der Waals surface area contributed by atoms with E-state index in [2.05, 4.69) is 6.58 Å². The molecule has 0 atom stereocenters. The minimum atomic E-state index is -0.566. The van der Waals surface area contributed by atoms with Gasteiger partial charge in [0.1, 0.15) is 5.60 Å².